The number of piperidine rings is 1. The molecule has 1 unspecified atom stereocenters. The van der Waals surface area contributed by atoms with Gasteiger partial charge in [-0.2, -0.15) is 0 Å². The van der Waals surface area contributed by atoms with Gasteiger partial charge in [0.05, 0.1) is 33.1 Å². The van der Waals surface area contributed by atoms with Crippen LogP contribution >= 0.6 is 15.9 Å². The second-order valence-electron chi connectivity index (χ2n) is 13.8. The van der Waals surface area contributed by atoms with Crippen LogP contribution < -0.4 is 5.73 Å². The summed E-state index contributed by atoms with van der Waals surface area (Å²) in [7, 11) is 0. The Hall–Kier alpha value is -4.19. The molecule has 0 radical (unpaired) electrons. The van der Waals surface area contributed by atoms with Gasteiger partial charge in [0.2, 0.25) is 0 Å². The molecule has 4 heterocycles. The predicted molar refractivity (Wildman–Crippen MR) is 178 cm³/mol. The molecule has 1 aliphatic heterocycles. The van der Waals surface area contributed by atoms with Crippen molar-refractivity contribution in [1.82, 2.24) is 30.0 Å². The quantitative estimate of drug-likeness (QED) is 0.151. The number of nitrogens with zero attached hydrogens (tertiary/aromatic N) is 6. The van der Waals surface area contributed by atoms with Crippen molar-refractivity contribution in [1.29, 1.82) is 0 Å². The van der Waals surface area contributed by atoms with Gasteiger partial charge in [0, 0.05) is 41.7 Å². The van der Waals surface area contributed by atoms with Gasteiger partial charge in [-0.15, -0.1) is 5.10 Å². The summed E-state index contributed by atoms with van der Waals surface area (Å²) in [5.41, 5.74) is 10.9. The first-order valence-corrected chi connectivity index (χ1v) is 16.8. The topological polar surface area (TPSA) is 116 Å². The maximum atomic E-state index is 14.3. The Morgan fingerprint density at radius 3 is 2.66 bits per heavy atom. The lowest BCUT2D eigenvalue weighted by molar-refractivity contribution is 0.0710. The number of pyridine rings is 1. The van der Waals surface area contributed by atoms with Crippen molar-refractivity contribution in [2.75, 3.05) is 18.8 Å². The number of aryl methyl sites for hydroxylation is 1. The third-order valence-electron chi connectivity index (χ3n) is 9.81. The van der Waals surface area contributed by atoms with E-state index in [9.17, 15) is 13.6 Å². The number of nitrogens with two attached hydrogens (primary N) is 1. The van der Waals surface area contributed by atoms with E-state index in [-0.39, 0.29) is 45.2 Å². The van der Waals surface area contributed by atoms with E-state index in [1.54, 1.807) is 6.20 Å². The van der Waals surface area contributed by atoms with Gasteiger partial charge in [-0.1, -0.05) is 49.3 Å². The van der Waals surface area contributed by atoms with Crippen LogP contribution in [0.1, 0.15) is 79.0 Å². The molecule has 2 aliphatic rings. The molecule has 9 nitrogen and oxygen atoms in total. The highest BCUT2D eigenvalue weighted by Gasteiger charge is 2.35. The molecule has 47 heavy (non-hydrogen) atoms. The molecule has 2 aromatic carbocycles. The summed E-state index contributed by atoms with van der Waals surface area (Å²) in [6.07, 6.45) is 5.92. The van der Waals surface area contributed by atoms with Gasteiger partial charge in [0.25, 0.3) is 5.91 Å². The monoisotopic (exact) mass is 703 g/mol. The molecule has 1 fully saturated rings. The van der Waals surface area contributed by atoms with E-state index in [0.717, 1.165) is 71.6 Å². The first-order chi connectivity index (χ1) is 22.5. The molecule has 2 N–H and O–H groups in total. The van der Waals surface area contributed by atoms with Crippen LogP contribution in [0.25, 0.3) is 22.2 Å². The number of benzene rings is 2. The smallest absolute Gasteiger partial charge is 0.254 e. The minimum Gasteiger partial charge on any atom is -0.396 e. The van der Waals surface area contributed by atoms with Crippen molar-refractivity contribution in [3.8, 4) is 11.3 Å². The van der Waals surface area contributed by atoms with Gasteiger partial charge in [0.15, 0.2) is 11.6 Å². The number of carbonyl (C=O) groups excluding carboxylic acids is 1. The van der Waals surface area contributed by atoms with Crippen LogP contribution in [0.5, 0.6) is 0 Å². The number of likely N-dealkylation sites (tertiary alicyclic amines) is 1. The Kier molecular flexibility index (Phi) is 8.10. The van der Waals surface area contributed by atoms with Crippen LogP contribution in [0.15, 0.2) is 51.6 Å². The zero-order chi connectivity index (χ0) is 33.0. The Morgan fingerprint density at radius 2 is 1.89 bits per heavy atom. The minimum absolute atomic E-state index is 0.0851. The Morgan fingerprint density at radius 1 is 1.13 bits per heavy atom. The highest BCUT2D eigenvalue weighted by Crippen LogP contribution is 2.40. The third kappa shape index (κ3) is 5.92. The summed E-state index contributed by atoms with van der Waals surface area (Å²) >= 11 is 2.86. The Bertz CT molecular complexity index is 1990. The van der Waals surface area contributed by atoms with E-state index in [0.29, 0.717) is 24.8 Å². The highest BCUT2D eigenvalue weighted by molar-refractivity contribution is 9.10. The van der Waals surface area contributed by atoms with Crippen LogP contribution in [0, 0.1) is 23.0 Å². The van der Waals surface area contributed by atoms with Crippen LogP contribution in [0.2, 0.25) is 0 Å². The fraction of sp³-hybridized carbons (Fsp3) is 0.400. The largest absolute Gasteiger partial charge is 0.396 e. The van der Waals surface area contributed by atoms with E-state index in [1.807, 2.05) is 35.2 Å². The number of hydrogen-bond donors (Lipinski definition) is 1. The van der Waals surface area contributed by atoms with Gasteiger partial charge < -0.3 is 15.2 Å². The van der Waals surface area contributed by atoms with E-state index >= 15 is 0 Å². The second-order valence-corrected chi connectivity index (χ2v) is 14.6. The molecule has 1 amide bonds. The van der Waals surface area contributed by atoms with Crippen molar-refractivity contribution >= 4 is 38.4 Å². The third-order valence-corrected chi connectivity index (χ3v) is 10.5. The number of carbonyl (C=O) groups is 1. The van der Waals surface area contributed by atoms with Crippen LogP contribution in [-0.4, -0.2) is 49.0 Å². The first-order valence-electron chi connectivity index (χ1n) is 16.0. The summed E-state index contributed by atoms with van der Waals surface area (Å²) in [5, 5.41) is 13.4. The zero-order valence-electron chi connectivity index (χ0n) is 26.6. The van der Waals surface area contributed by atoms with E-state index in [4.69, 9.17) is 15.2 Å². The second kappa shape index (κ2) is 12.1. The molecule has 0 saturated carbocycles. The number of nitrogen functional groups attached to an aromatic ring is 1. The molecule has 1 saturated heterocycles. The van der Waals surface area contributed by atoms with Crippen molar-refractivity contribution in [2.24, 2.45) is 11.3 Å². The average Bonchev–Trinajstić information content (AvgIpc) is 3.73. The van der Waals surface area contributed by atoms with Crippen LogP contribution in [0.4, 0.5) is 14.5 Å². The number of rotatable bonds is 5. The zero-order valence-corrected chi connectivity index (χ0v) is 28.2. The first kappa shape index (κ1) is 31.4. The van der Waals surface area contributed by atoms with Gasteiger partial charge in [0.1, 0.15) is 18.1 Å². The predicted octanol–water partition coefficient (Wildman–Crippen LogP) is 7.32. The molecule has 5 aromatic rings. The SMILES string of the molecule is CC(C)(C)C1CCc2nc3ccccc3c(C(=O)N3CCC(c4cc(Cn5cc(-c6cc(F)c(Br)c(F)c6N)nn5)on4)CC3)c2C1. The molecule has 7 rings (SSSR count). The lowest BCUT2D eigenvalue weighted by Gasteiger charge is -2.37. The van der Waals surface area contributed by atoms with Gasteiger partial charge in [-0.3, -0.25) is 9.78 Å². The standard InChI is InChI=1S/C35H36BrF2N7O2/c1-35(2,3)20-8-9-27-23(14-20)30(22-6-4-5-7-26(22)40-27)34(46)44-12-10-19(11-13-44)28-15-21(47-42-28)17-45-18-29(41-43-45)24-16-25(37)31(36)32(38)33(24)39/h4-7,15-16,18-20H,8-14,17,39H2,1-3H3. The molecule has 12 heteroatoms. The number of fused-ring (bicyclic) bond motifs is 2. The summed E-state index contributed by atoms with van der Waals surface area (Å²) in [6.45, 7) is 8.32. The number of halogens is 3. The summed E-state index contributed by atoms with van der Waals surface area (Å²) in [4.78, 5) is 21.2. The van der Waals surface area contributed by atoms with Crippen LogP contribution in [-0.2, 0) is 19.4 Å². The molecule has 1 aliphatic carbocycles. The lowest BCUT2D eigenvalue weighted by atomic mass is 9.70. The number of para-hydroxylation sites is 1. The highest BCUT2D eigenvalue weighted by atomic mass is 79.9. The Balaban J connectivity index is 1.05. The molecule has 1 atom stereocenters. The Labute approximate surface area is 279 Å². The maximum Gasteiger partial charge on any atom is 0.254 e. The van der Waals surface area contributed by atoms with E-state index in [2.05, 4.69) is 52.2 Å². The molecule has 0 spiro atoms. The normalized spacial score (nSPS) is 17.3. The number of aromatic nitrogens is 5. The fourth-order valence-electron chi connectivity index (χ4n) is 6.98. The van der Waals surface area contributed by atoms with Gasteiger partial charge in [-0.25, -0.2) is 13.5 Å². The van der Waals surface area contributed by atoms with Crippen molar-refractivity contribution in [3.05, 3.63) is 87.0 Å². The molecular weight excluding hydrogens is 668 g/mol. The summed E-state index contributed by atoms with van der Waals surface area (Å²) < 4.78 is 35.2. The number of hydrogen-bond acceptors (Lipinski definition) is 7. The summed E-state index contributed by atoms with van der Waals surface area (Å²) in [6, 6.07) is 11.0. The fourth-order valence-corrected chi connectivity index (χ4v) is 7.31. The molecular formula is C35H36BrF2N7O2. The van der Waals surface area contributed by atoms with Gasteiger partial charge in [-0.05, 0) is 77.1 Å². The van der Waals surface area contributed by atoms with E-state index in [1.165, 1.54) is 4.68 Å². The van der Waals surface area contributed by atoms with Crippen LogP contribution in [0.3, 0.4) is 0 Å². The lowest BCUT2D eigenvalue weighted by Crippen LogP contribution is -2.39. The minimum atomic E-state index is -0.884. The average molecular weight is 705 g/mol. The number of anilines is 1. The maximum absolute atomic E-state index is 14.3. The molecule has 3 aromatic heterocycles. The molecule has 0 bridgehead atoms. The number of amides is 1. The van der Waals surface area contributed by atoms with Crippen molar-refractivity contribution < 1.29 is 18.1 Å². The van der Waals surface area contributed by atoms with Crippen molar-refractivity contribution in [3.63, 3.8) is 0 Å². The van der Waals surface area contributed by atoms with E-state index < -0.39 is 11.6 Å². The van der Waals surface area contributed by atoms with Crippen molar-refractivity contribution in [2.45, 2.75) is 65.3 Å². The molecule has 244 valence electrons. The summed E-state index contributed by atoms with van der Waals surface area (Å²) in [5.74, 6) is -0.377. The van der Waals surface area contributed by atoms with Gasteiger partial charge >= 0.3 is 0 Å².